The van der Waals surface area contributed by atoms with Crippen LogP contribution in [0, 0.1) is 0 Å². The molecule has 170 valence electrons. The summed E-state index contributed by atoms with van der Waals surface area (Å²) in [6, 6.07) is 6.45. The summed E-state index contributed by atoms with van der Waals surface area (Å²) in [5.74, 6) is 0.168. The highest BCUT2D eigenvalue weighted by Gasteiger charge is 2.34. The van der Waals surface area contributed by atoms with Crippen LogP contribution in [0.15, 0.2) is 29.2 Å². The quantitative estimate of drug-likeness (QED) is 0.508. The monoisotopic (exact) mass is 458 g/mol. The van der Waals surface area contributed by atoms with E-state index < -0.39 is 19.9 Å². The summed E-state index contributed by atoms with van der Waals surface area (Å²) < 4.78 is 50.2. The van der Waals surface area contributed by atoms with Gasteiger partial charge in [0.1, 0.15) is 0 Å². The molecular weight excluding hydrogens is 424 g/mol. The standard InChI is InChI=1S/C21H34N2O5S2/c1-4-7-15-23(19-14-16-29(25,26)17-19)21(24)13-10-18-8-11-20(12-9-18)30(27,28)22(5-2)6-3/h8-9,11-12,19H,4-7,10,13-17H2,1-3H3. The molecule has 1 aliphatic heterocycles. The number of aryl methyl sites for hydroxylation is 1. The molecule has 1 unspecified atom stereocenters. The SMILES string of the molecule is CCCCN(C(=O)CCc1ccc(S(=O)(=O)N(CC)CC)cc1)C1CCS(=O)(=O)C1. The molecule has 1 aromatic rings. The van der Waals surface area contributed by atoms with Crippen molar-refractivity contribution in [2.75, 3.05) is 31.1 Å². The van der Waals surface area contributed by atoms with E-state index in [4.69, 9.17) is 0 Å². The summed E-state index contributed by atoms with van der Waals surface area (Å²) in [6.45, 7) is 7.07. The first-order chi connectivity index (χ1) is 14.1. The summed E-state index contributed by atoms with van der Waals surface area (Å²) in [6.07, 6.45) is 3.07. The third-order valence-electron chi connectivity index (χ3n) is 5.62. The number of hydrogen-bond acceptors (Lipinski definition) is 5. The molecule has 1 atom stereocenters. The smallest absolute Gasteiger partial charge is 0.243 e. The predicted octanol–water partition coefficient (Wildman–Crippen LogP) is 2.47. The van der Waals surface area contributed by atoms with Crippen LogP contribution in [-0.2, 0) is 31.1 Å². The fraction of sp³-hybridized carbons (Fsp3) is 0.667. The van der Waals surface area contributed by atoms with Crippen LogP contribution in [0.4, 0.5) is 0 Å². The number of carbonyl (C=O) groups is 1. The summed E-state index contributed by atoms with van der Waals surface area (Å²) >= 11 is 0. The van der Waals surface area contributed by atoms with Crippen molar-refractivity contribution < 1.29 is 21.6 Å². The van der Waals surface area contributed by atoms with Gasteiger partial charge in [-0.25, -0.2) is 16.8 Å². The van der Waals surface area contributed by atoms with Gasteiger partial charge in [-0.15, -0.1) is 0 Å². The van der Waals surface area contributed by atoms with E-state index >= 15 is 0 Å². The van der Waals surface area contributed by atoms with Gasteiger partial charge in [0.05, 0.1) is 16.4 Å². The van der Waals surface area contributed by atoms with E-state index in [1.54, 1.807) is 43.0 Å². The fourth-order valence-electron chi connectivity index (χ4n) is 3.80. The Labute approximate surface area is 181 Å². The molecule has 0 aliphatic carbocycles. The zero-order valence-corrected chi connectivity index (χ0v) is 19.8. The molecule has 7 nitrogen and oxygen atoms in total. The number of sulfonamides is 1. The van der Waals surface area contributed by atoms with Crippen LogP contribution >= 0.6 is 0 Å². The number of benzene rings is 1. The van der Waals surface area contributed by atoms with Gasteiger partial charge >= 0.3 is 0 Å². The summed E-state index contributed by atoms with van der Waals surface area (Å²) in [5.41, 5.74) is 0.885. The van der Waals surface area contributed by atoms with E-state index in [1.807, 2.05) is 6.92 Å². The maximum absolute atomic E-state index is 12.8. The van der Waals surface area contributed by atoms with E-state index in [0.29, 0.717) is 32.5 Å². The number of hydrogen-bond donors (Lipinski definition) is 0. The van der Waals surface area contributed by atoms with Gasteiger partial charge < -0.3 is 4.90 Å². The topological polar surface area (TPSA) is 91.8 Å². The third-order valence-corrected chi connectivity index (χ3v) is 9.43. The Hall–Kier alpha value is -1.45. The lowest BCUT2D eigenvalue weighted by molar-refractivity contribution is -0.133. The lowest BCUT2D eigenvalue weighted by Crippen LogP contribution is -2.41. The zero-order chi connectivity index (χ0) is 22.4. The number of rotatable bonds is 11. The largest absolute Gasteiger partial charge is 0.339 e. The van der Waals surface area contributed by atoms with Crippen LogP contribution < -0.4 is 0 Å². The van der Waals surface area contributed by atoms with Crippen molar-refractivity contribution in [2.45, 2.75) is 63.8 Å². The van der Waals surface area contributed by atoms with Gasteiger partial charge in [-0.05, 0) is 37.0 Å². The maximum atomic E-state index is 12.8. The second-order valence-electron chi connectivity index (χ2n) is 7.73. The highest BCUT2D eigenvalue weighted by molar-refractivity contribution is 7.91. The Kier molecular flexibility index (Phi) is 8.87. The van der Waals surface area contributed by atoms with Crippen LogP contribution in [-0.4, -0.2) is 69.1 Å². The van der Waals surface area contributed by atoms with Crippen molar-refractivity contribution >= 4 is 25.8 Å². The molecule has 0 saturated carbocycles. The number of nitrogens with zero attached hydrogens (tertiary/aromatic N) is 2. The number of amides is 1. The van der Waals surface area contributed by atoms with Crippen molar-refractivity contribution in [2.24, 2.45) is 0 Å². The number of carbonyl (C=O) groups excluding carboxylic acids is 1. The summed E-state index contributed by atoms with van der Waals surface area (Å²) in [4.78, 5) is 14.8. The van der Waals surface area contributed by atoms with Gasteiger partial charge in [-0.2, -0.15) is 4.31 Å². The van der Waals surface area contributed by atoms with E-state index in [9.17, 15) is 21.6 Å². The summed E-state index contributed by atoms with van der Waals surface area (Å²) in [7, 11) is -6.55. The van der Waals surface area contributed by atoms with Crippen molar-refractivity contribution in [1.82, 2.24) is 9.21 Å². The Balaban J connectivity index is 2.03. The van der Waals surface area contributed by atoms with E-state index in [1.165, 1.54) is 4.31 Å². The molecule has 1 amide bonds. The maximum Gasteiger partial charge on any atom is 0.243 e. The van der Waals surface area contributed by atoms with Gasteiger partial charge in [0.25, 0.3) is 0 Å². The fourth-order valence-corrected chi connectivity index (χ4v) is 6.98. The molecule has 1 fully saturated rings. The molecule has 2 rings (SSSR count). The molecule has 0 bridgehead atoms. The average Bonchev–Trinajstić information content (AvgIpc) is 3.07. The first kappa shape index (κ1) is 24.8. The van der Waals surface area contributed by atoms with Crippen LogP contribution in [0.1, 0.15) is 52.0 Å². The van der Waals surface area contributed by atoms with Crippen LogP contribution in [0.3, 0.4) is 0 Å². The molecule has 0 aromatic heterocycles. The van der Waals surface area contributed by atoms with Gasteiger partial charge in [0.2, 0.25) is 15.9 Å². The zero-order valence-electron chi connectivity index (χ0n) is 18.2. The number of sulfone groups is 1. The second kappa shape index (κ2) is 10.7. The van der Waals surface area contributed by atoms with E-state index in [0.717, 1.165) is 18.4 Å². The molecular formula is C21H34N2O5S2. The molecule has 0 spiro atoms. The first-order valence-electron chi connectivity index (χ1n) is 10.7. The molecule has 9 heteroatoms. The van der Waals surface area contributed by atoms with E-state index in [-0.39, 0.29) is 34.8 Å². The van der Waals surface area contributed by atoms with Crippen molar-refractivity contribution in [3.8, 4) is 0 Å². The Morgan fingerprint density at radius 2 is 1.73 bits per heavy atom. The molecule has 1 saturated heterocycles. The minimum atomic E-state index is -3.49. The molecule has 1 heterocycles. The van der Waals surface area contributed by atoms with Gasteiger partial charge in [-0.1, -0.05) is 39.3 Å². The van der Waals surface area contributed by atoms with Gasteiger partial charge in [0, 0.05) is 32.1 Å². The minimum absolute atomic E-state index is 0.0367. The van der Waals surface area contributed by atoms with Crippen molar-refractivity contribution in [1.29, 1.82) is 0 Å². The highest BCUT2D eigenvalue weighted by atomic mass is 32.2. The van der Waals surface area contributed by atoms with Crippen molar-refractivity contribution in [3.63, 3.8) is 0 Å². The average molecular weight is 459 g/mol. The lowest BCUT2D eigenvalue weighted by atomic mass is 10.1. The molecule has 0 N–H and O–H groups in total. The van der Waals surface area contributed by atoms with E-state index in [2.05, 4.69) is 0 Å². The molecule has 0 radical (unpaired) electrons. The first-order valence-corrected chi connectivity index (χ1v) is 14.0. The van der Waals surface area contributed by atoms with Crippen LogP contribution in [0.25, 0.3) is 0 Å². The third kappa shape index (κ3) is 6.28. The Bertz CT molecular complexity index is 907. The van der Waals surface area contributed by atoms with Gasteiger partial charge in [0.15, 0.2) is 9.84 Å². The Morgan fingerprint density at radius 3 is 2.23 bits per heavy atom. The normalized spacial score (nSPS) is 18.6. The van der Waals surface area contributed by atoms with Crippen LogP contribution in [0.2, 0.25) is 0 Å². The lowest BCUT2D eigenvalue weighted by Gasteiger charge is -2.28. The second-order valence-corrected chi connectivity index (χ2v) is 11.9. The molecule has 1 aliphatic rings. The van der Waals surface area contributed by atoms with Crippen LogP contribution in [0.5, 0.6) is 0 Å². The highest BCUT2D eigenvalue weighted by Crippen LogP contribution is 2.21. The Morgan fingerprint density at radius 1 is 1.10 bits per heavy atom. The van der Waals surface area contributed by atoms with Crippen molar-refractivity contribution in [3.05, 3.63) is 29.8 Å². The number of unbranched alkanes of at least 4 members (excludes halogenated alkanes) is 1. The van der Waals surface area contributed by atoms with Gasteiger partial charge in [-0.3, -0.25) is 4.79 Å². The molecule has 30 heavy (non-hydrogen) atoms. The minimum Gasteiger partial charge on any atom is -0.339 e. The summed E-state index contributed by atoms with van der Waals surface area (Å²) in [5, 5.41) is 0. The predicted molar refractivity (Wildman–Crippen MR) is 119 cm³/mol. The molecule has 1 aromatic carbocycles.